The predicted molar refractivity (Wildman–Crippen MR) is 94.5 cm³/mol. The highest BCUT2D eigenvalue weighted by molar-refractivity contribution is 5.98. The SMILES string of the molecule is CCN1Cc2cc(C)ccc2C(NC(=O)c2ccc(C(F)(F)F)[nH]c2=O)C1=O. The van der Waals surface area contributed by atoms with E-state index in [0.29, 0.717) is 24.7 Å². The first-order chi connectivity index (χ1) is 13.1. The number of aromatic nitrogens is 1. The maximum absolute atomic E-state index is 12.7. The monoisotopic (exact) mass is 393 g/mol. The third-order valence-electron chi connectivity index (χ3n) is 4.65. The lowest BCUT2D eigenvalue weighted by atomic mass is 9.93. The third kappa shape index (κ3) is 3.64. The van der Waals surface area contributed by atoms with Crippen molar-refractivity contribution in [1.29, 1.82) is 0 Å². The second kappa shape index (κ2) is 7.14. The van der Waals surface area contributed by atoms with Crippen LogP contribution in [0.2, 0.25) is 0 Å². The topological polar surface area (TPSA) is 82.3 Å². The fraction of sp³-hybridized carbons (Fsp3) is 0.316. The van der Waals surface area contributed by atoms with Gasteiger partial charge < -0.3 is 15.2 Å². The zero-order valence-corrected chi connectivity index (χ0v) is 15.2. The van der Waals surface area contributed by atoms with Crippen molar-refractivity contribution in [3.8, 4) is 0 Å². The van der Waals surface area contributed by atoms with Gasteiger partial charge in [0.1, 0.15) is 17.3 Å². The number of halogens is 3. The molecule has 148 valence electrons. The summed E-state index contributed by atoms with van der Waals surface area (Å²) >= 11 is 0. The van der Waals surface area contributed by atoms with Crippen molar-refractivity contribution >= 4 is 11.8 Å². The van der Waals surface area contributed by atoms with Crippen LogP contribution in [0.25, 0.3) is 0 Å². The van der Waals surface area contributed by atoms with Gasteiger partial charge in [-0.05, 0) is 37.1 Å². The Morgan fingerprint density at radius 1 is 1.25 bits per heavy atom. The maximum Gasteiger partial charge on any atom is 0.431 e. The normalized spacial score (nSPS) is 16.7. The highest BCUT2D eigenvalue weighted by atomic mass is 19.4. The summed E-state index contributed by atoms with van der Waals surface area (Å²) in [6, 6.07) is 5.86. The molecule has 0 spiro atoms. The minimum Gasteiger partial charge on any atom is -0.337 e. The molecule has 2 amide bonds. The van der Waals surface area contributed by atoms with Crippen molar-refractivity contribution < 1.29 is 22.8 Å². The van der Waals surface area contributed by atoms with Gasteiger partial charge >= 0.3 is 6.18 Å². The lowest BCUT2D eigenvalue weighted by Crippen LogP contribution is -2.47. The first-order valence-corrected chi connectivity index (χ1v) is 8.61. The molecule has 6 nitrogen and oxygen atoms in total. The molecule has 9 heteroatoms. The van der Waals surface area contributed by atoms with Crippen LogP contribution in [0, 0.1) is 6.92 Å². The van der Waals surface area contributed by atoms with Gasteiger partial charge in [0.2, 0.25) is 5.91 Å². The minimum atomic E-state index is -4.73. The van der Waals surface area contributed by atoms with E-state index in [9.17, 15) is 27.6 Å². The highest BCUT2D eigenvalue weighted by Crippen LogP contribution is 2.29. The van der Waals surface area contributed by atoms with Crippen molar-refractivity contribution in [2.24, 2.45) is 0 Å². The molecule has 0 aliphatic carbocycles. The number of carbonyl (C=O) groups is 2. The van der Waals surface area contributed by atoms with Crippen LogP contribution >= 0.6 is 0 Å². The molecule has 28 heavy (non-hydrogen) atoms. The molecule has 3 rings (SSSR count). The molecule has 1 aromatic heterocycles. The third-order valence-corrected chi connectivity index (χ3v) is 4.65. The first kappa shape index (κ1) is 19.7. The van der Waals surface area contributed by atoms with Crippen molar-refractivity contribution in [1.82, 2.24) is 15.2 Å². The number of fused-ring (bicyclic) bond motifs is 1. The Hall–Kier alpha value is -3.10. The minimum absolute atomic E-state index is 0.337. The Morgan fingerprint density at radius 3 is 2.57 bits per heavy atom. The van der Waals surface area contributed by atoms with Gasteiger partial charge in [0.15, 0.2) is 0 Å². The Morgan fingerprint density at radius 2 is 1.96 bits per heavy atom. The number of hydrogen-bond acceptors (Lipinski definition) is 3. The number of nitrogens with zero attached hydrogens (tertiary/aromatic N) is 1. The van der Waals surface area contributed by atoms with Crippen LogP contribution in [0.4, 0.5) is 13.2 Å². The molecule has 1 aliphatic rings. The molecule has 0 fully saturated rings. The van der Waals surface area contributed by atoms with Crippen LogP contribution in [0.3, 0.4) is 0 Å². The zero-order chi connectivity index (χ0) is 20.6. The van der Waals surface area contributed by atoms with E-state index in [2.05, 4.69) is 5.32 Å². The highest BCUT2D eigenvalue weighted by Gasteiger charge is 2.35. The molecular formula is C19H18F3N3O3. The van der Waals surface area contributed by atoms with E-state index >= 15 is 0 Å². The predicted octanol–water partition coefficient (Wildman–Crippen LogP) is 2.54. The van der Waals surface area contributed by atoms with Crippen molar-refractivity contribution in [3.05, 3.63) is 68.6 Å². The number of carbonyl (C=O) groups excluding carboxylic acids is 2. The van der Waals surface area contributed by atoms with Gasteiger partial charge in [0.05, 0.1) is 0 Å². The molecule has 1 aromatic carbocycles. The van der Waals surface area contributed by atoms with E-state index < -0.39 is 34.9 Å². The lowest BCUT2D eigenvalue weighted by molar-refractivity contribution is -0.141. The molecule has 1 atom stereocenters. The number of rotatable bonds is 3. The van der Waals surface area contributed by atoms with Gasteiger partial charge in [-0.2, -0.15) is 13.2 Å². The number of alkyl halides is 3. The largest absolute Gasteiger partial charge is 0.431 e. The fourth-order valence-electron chi connectivity index (χ4n) is 3.19. The van der Waals surface area contributed by atoms with Crippen LogP contribution in [0.1, 0.15) is 45.7 Å². The average Bonchev–Trinajstić information content (AvgIpc) is 2.62. The smallest absolute Gasteiger partial charge is 0.337 e. The summed E-state index contributed by atoms with van der Waals surface area (Å²) < 4.78 is 38.1. The molecular weight excluding hydrogens is 375 g/mol. The van der Waals surface area contributed by atoms with Crippen molar-refractivity contribution in [2.75, 3.05) is 6.54 Å². The summed E-state index contributed by atoms with van der Waals surface area (Å²) in [7, 11) is 0. The maximum atomic E-state index is 12.7. The number of aryl methyl sites for hydroxylation is 1. The van der Waals surface area contributed by atoms with E-state index in [4.69, 9.17) is 0 Å². The average molecular weight is 393 g/mol. The number of pyridine rings is 1. The molecule has 0 saturated heterocycles. The number of nitrogens with one attached hydrogen (secondary N) is 2. The second-order valence-electron chi connectivity index (χ2n) is 6.57. The van der Waals surface area contributed by atoms with Crippen LogP contribution in [-0.4, -0.2) is 28.2 Å². The zero-order valence-electron chi connectivity index (χ0n) is 15.2. The van der Waals surface area contributed by atoms with Crippen LogP contribution in [0.15, 0.2) is 35.1 Å². The number of H-pyrrole nitrogens is 1. The summed E-state index contributed by atoms with van der Waals surface area (Å²) in [5.41, 5.74) is -0.450. The van der Waals surface area contributed by atoms with Crippen molar-refractivity contribution in [2.45, 2.75) is 32.6 Å². The summed E-state index contributed by atoms with van der Waals surface area (Å²) in [5.74, 6) is -1.26. The van der Waals surface area contributed by atoms with Gasteiger partial charge in [0, 0.05) is 13.1 Å². The Balaban J connectivity index is 1.93. The Bertz CT molecular complexity index is 998. The number of benzene rings is 1. The lowest BCUT2D eigenvalue weighted by Gasteiger charge is -2.34. The molecule has 1 aliphatic heterocycles. The number of likely N-dealkylation sites (N-methyl/N-ethyl adjacent to an activating group) is 1. The molecule has 2 aromatic rings. The fourth-order valence-corrected chi connectivity index (χ4v) is 3.19. The van der Waals surface area contributed by atoms with E-state index in [-0.39, 0.29) is 5.91 Å². The van der Waals surface area contributed by atoms with Gasteiger partial charge in [-0.3, -0.25) is 14.4 Å². The quantitative estimate of drug-likeness (QED) is 0.841. The second-order valence-corrected chi connectivity index (χ2v) is 6.57. The van der Waals surface area contributed by atoms with Gasteiger partial charge in [-0.1, -0.05) is 23.8 Å². The summed E-state index contributed by atoms with van der Waals surface area (Å²) in [6.07, 6.45) is -4.73. The van der Waals surface area contributed by atoms with E-state index in [1.807, 2.05) is 13.0 Å². The summed E-state index contributed by atoms with van der Waals surface area (Å²) in [5, 5.41) is 2.49. The molecule has 2 N–H and O–H groups in total. The van der Waals surface area contributed by atoms with Crippen LogP contribution in [-0.2, 0) is 17.5 Å². The Labute approximate surface area is 158 Å². The molecule has 0 saturated carbocycles. The van der Waals surface area contributed by atoms with Gasteiger partial charge in [0.25, 0.3) is 11.5 Å². The number of aromatic amines is 1. The van der Waals surface area contributed by atoms with Gasteiger partial charge in [-0.15, -0.1) is 0 Å². The molecule has 0 bridgehead atoms. The number of hydrogen-bond donors (Lipinski definition) is 2. The Kier molecular flexibility index (Phi) is 5.01. The summed E-state index contributed by atoms with van der Waals surface area (Å²) in [6.45, 7) is 4.54. The van der Waals surface area contributed by atoms with E-state index in [1.54, 1.807) is 28.9 Å². The standard InChI is InChI=1S/C19H18F3N3O3/c1-3-25-9-11-8-10(2)4-5-12(11)15(18(25)28)24-17(27)13-6-7-14(19(20,21)22)23-16(13)26/h4-8,15H,3,9H2,1-2H3,(H,23,26)(H,24,27). The molecule has 0 radical (unpaired) electrons. The van der Waals surface area contributed by atoms with Gasteiger partial charge in [-0.25, -0.2) is 0 Å². The first-order valence-electron chi connectivity index (χ1n) is 8.61. The van der Waals surface area contributed by atoms with E-state index in [1.165, 1.54) is 0 Å². The van der Waals surface area contributed by atoms with E-state index in [0.717, 1.165) is 17.2 Å². The molecule has 1 unspecified atom stereocenters. The van der Waals surface area contributed by atoms with Crippen LogP contribution < -0.4 is 10.9 Å². The molecule has 2 heterocycles. The summed E-state index contributed by atoms with van der Waals surface area (Å²) in [4.78, 5) is 40.4. The number of amides is 2. The van der Waals surface area contributed by atoms with Crippen LogP contribution in [0.5, 0.6) is 0 Å². The van der Waals surface area contributed by atoms with Crippen molar-refractivity contribution in [3.63, 3.8) is 0 Å².